The van der Waals surface area contributed by atoms with Crippen LogP contribution in [0.4, 0.5) is 0 Å². The normalized spacial score (nSPS) is 24.1. The Hall–Kier alpha value is -3.00. The maximum Gasteiger partial charge on any atom is 0.233 e. The van der Waals surface area contributed by atoms with Crippen molar-refractivity contribution in [2.75, 3.05) is 0 Å². The Bertz CT molecular complexity index is 916. The molecule has 138 valence electrons. The van der Waals surface area contributed by atoms with Crippen LogP contribution in [0.15, 0.2) is 42.7 Å². The number of fused-ring (bicyclic) bond motifs is 2. The van der Waals surface area contributed by atoms with Crippen molar-refractivity contribution in [3.63, 3.8) is 0 Å². The molecule has 2 saturated heterocycles. The lowest BCUT2D eigenvalue weighted by atomic mass is 10.0. The van der Waals surface area contributed by atoms with E-state index in [0.717, 1.165) is 18.5 Å². The third-order valence-electron chi connectivity index (χ3n) is 5.30. The summed E-state index contributed by atoms with van der Waals surface area (Å²) in [5.41, 5.74) is 1.93. The first-order valence-electron chi connectivity index (χ1n) is 9.21. The number of benzene rings is 1. The molecule has 0 spiro atoms. The van der Waals surface area contributed by atoms with Crippen LogP contribution in [0.5, 0.6) is 11.6 Å². The largest absolute Gasteiger partial charge is 0.507 e. The third kappa shape index (κ3) is 3.23. The average molecular weight is 364 g/mol. The predicted molar refractivity (Wildman–Crippen MR) is 97.6 cm³/mol. The number of phenolic OH excluding ortho intramolecular Hbond substituents is 1. The summed E-state index contributed by atoms with van der Waals surface area (Å²) in [4.78, 5) is 0. The third-order valence-corrected chi connectivity index (χ3v) is 5.30. The summed E-state index contributed by atoms with van der Waals surface area (Å²) in [5, 5.41) is 30.1. The standard InChI is InChI=1S/C19H20N6O2/c26-18-11-14(25-8-7-20-24-25)3-4-16(18)17-5-6-19(23-22-17)27-15-9-12-1-2-13(10-15)21-12/h3-8,11-13,15,21,26H,1-2,9-10H2/t12-,13+,15+. The molecule has 4 heterocycles. The zero-order valence-corrected chi connectivity index (χ0v) is 14.7. The Morgan fingerprint density at radius 3 is 2.59 bits per heavy atom. The van der Waals surface area contributed by atoms with Crippen molar-refractivity contribution in [1.29, 1.82) is 0 Å². The second-order valence-electron chi connectivity index (χ2n) is 7.16. The summed E-state index contributed by atoms with van der Waals surface area (Å²) in [6.45, 7) is 0. The lowest BCUT2D eigenvalue weighted by Crippen LogP contribution is -2.42. The molecule has 0 saturated carbocycles. The highest BCUT2D eigenvalue weighted by Gasteiger charge is 2.34. The van der Waals surface area contributed by atoms with Crippen LogP contribution < -0.4 is 10.1 Å². The molecule has 27 heavy (non-hydrogen) atoms. The van der Waals surface area contributed by atoms with Gasteiger partial charge in [0.25, 0.3) is 0 Å². The number of ether oxygens (including phenoxy) is 1. The summed E-state index contributed by atoms with van der Waals surface area (Å²) in [6.07, 6.45) is 8.00. The molecule has 3 atom stereocenters. The van der Waals surface area contributed by atoms with Crippen molar-refractivity contribution in [1.82, 2.24) is 30.5 Å². The van der Waals surface area contributed by atoms with Gasteiger partial charge in [-0.25, -0.2) is 4.68 Å². The Balaban J connectivity index is 1.31. The van der Waals surface area contributed by atoms with E-state index < -0.39 is 0 Å². The quantitative estimate of drug-likeness (QED) is 0.731. The Labute approximate surface area is 156 Å². The van der Waals surface area contributed by atoms with Crippen molar-refractivity contribution >= 4 is 0 Å². The van der Waals surface area contributed by atoms with Gasteiger partial charge in [0.2, 0.25) is 5.88 Å². The van der Waals surface area contributed by atoms with Gasteiger partial charge in [0.05, 0.1) is 23.8 Å². The van der Waals surface area contributed by atoms with Crippen LogP contribution in [0.1, 0.15) is 25.7 Å². The maximum absolute atomic E-state index is 10.4. The van der Waals surface area contributed by atoms with Gasteiger partial charge in [-0.2, -0.15) is 0 Å². The molecular weight excluding hydrogens is 344 g/mol. The molecule has 0 unspecified atom stereocenters. The summed E-state index contributed by atoms with van der Waals surface area (Å²) in [7, 11) is 0. The molecule has 2 bridgehead atoms. The highest BCUT2D eigenvalue weighted by molar-refractivity contribution is 5.68. The van der Waals surface area contributed by atoms with E-state index in [2.05, 4.69) is 25.8 Å². The summed E-state index contributed by atoms with van der Waals surface area (Å²) < 4.78 is 7.61. The van der Waals surface area contributed by atoms with Gasteiger partial charge >= 0.3 is 0 Å². The topological polar surface area (TPSA) is 98.0 Å². The SMILES string of the molecule is Oc1cc(-n2ccnn2)ccc1-c1ccc(O[C@H]2C[C@H]3CC[C@@H](C2)N3)nn1. The van der Waals surface area contributed by atoms with E-state index in [1.54, 1.807) is 29.2 Å². The molecule has 0 radical (unpaired) electrons. The van der Waals surface area contributed by atoms with Crippen LogP contribution in [0.2, 0.25) is 0 Å². The number of nitrogens with one attached hydrogen (secondary N) is 1. The lowest BCUT2D eigenvalue weighted by molar-refractivity contribution is 0.130. The second kappa shape index (κ2) is 6.62. The Kier molecular flexibility index (Phi) is 3.97. The molecule has 3 aromatic rings. The Morgan fingerprint density at radius 1 is 1.07 bits per heavy atom. The zero-order valence-electron chi connectivity index (χ0n) is 14.7. The van der Waals surface area contributed by atoms with Crippen LogP contribution in [0.3, 0.4) is 0 Å². The van der Waals surface area contributed by atoms with Gasteiger partial charge < -0.3 is 15.2 Å². The van der Waals surface area contributed by atoms with Gasteiger partial charge in [0, 0.05) is 29.8 Å². The zero-order chi connectivity index (χ0) is 18.2. The minimum absolute atomic E-state index is 0.112. The highest BCUT2D eigenvalue weighted by Crippen LogP contribution is 2.31. The molecule has 1 aromatic carbocycles. The van der Waals surface area contributed by atoms with Gasteiger partial charge in [0.1, 0.15) is 11.9 Å². The summed E-state index contributed by atoms with van der Waals surface area (Å²) >= 11 is 0. The first-order valence-corrected chi connectivity index (χ1v) is 9.21. The number of aromatic hydroxyl groups is 1. The molecular formula is C19H20N6O2. The van der Waals surface area contributed by atoms with Crippen molar-refractivity contribution in [2.24, 2.45) is 0 Å². The fourth-order valence-corrected chi connectivity index (χ4v) is 4.02. The molecule has 0 amide bonds. The van der Waals surface area contributed by atoms with E-state index in [0.29, 0.717) is 29.2 Å². The molecule has 5 rings (SSSR count). The number of aromatic nitrogens is 5. The number of piperidine rings is 1. The average Bonchev–Trinajstić information content (AvgIpc) is 3.32. The minimum atomic E-state index is 0.112. The second-order valence-corrected chi connectivity index (χ2v) is 7.16. The van der Waals surface area contributed by atoms with Crippen LogP contribution >= 0.6 is 0 Å². The van der Waals surface area contributed by atoms with Gasteiger partial charge in [-0.3, -0.25) is 0 Å². The number of hydrogen-bond acceptors (Lipinski definition) is 7. The van der Waals surface area contributed by atoms with Gasteiger partial charge in [0.15, 0.2) is 0 Å². The highest BCUT2D eigenvalue weighted by atomic mass is 16.5. The fraction of sp³-hybridized carbons (Fsp3) is 0.368. The lowest BCUT2D eigenvalue weighted by Gasteiger charge is -2.28. The Morgan fingerprint density at radius 2 is 1.93 bits per heavy atom. The molecule has 8 nitrogen and oxygen atoms in total. The molecule has 2 aliphatic rings. The molecule has 0 aliphatic carbocycles. The van der Waals surface area contributed by atoms with Crippen LogP contribution in [-0.2, 0) is 0 Å². The summed E-state index contributed by atoms with van der Waals surface area (Å²) in [6, 6.07) is 10.0. The monoisotopic (exact) mass is 364 g/mol. The van der Waals surface area contributed by atoms with E-state index in [1.165, 1.54) is 12.8 Å². The van der Waals surface area contributed by atoms with Crippen LogP contribution in [0, 0.1) is 0 Å². The van der Waals surface area contributed by atoms with Crippen molar-refractivity contribution in [3.8, 4) is 28.6 Å². The van der Waals surface area contributed by atoms with Gasteiger partial charge in [-0.15, -0.1) is 15.3 Å². The number of hydrogen-bond donors (Lipinski definition) is 2. The molecule has 2 aliphatic heterocycles. The van der Waals surface area contributed by atoms with E-state index in [1.807, 2.05) is 18.2 Å². The van der Waals surface area contributed by atoms with Crippen molar-refractivity contribution < 1.29 is 9.84 Å². The first kappa shape index (κ1) is 16.2. The van der Waals surface area contributed by atoms with E-state index in [-0.39, 0.29) is 11.9 Å². The van der Waals surface area contributed by atoms with Gasteiger partial charge in [-0.05, 0) is 43.9 Å². The van der Waals surface area contributed by atoms with E-state index >= 15 is 0 Å². The summed E-state index contributed by atoms with van der Waals surface area (Å²) in [5.74, 6) is 0.643. The van der Waals surface area contributed by atoms with Gasteiger partial charge in [-0.1, -0.05) is 5.21 Å². The molecule has 8 heteroatoms. The fourth-order valence-electron chi connectivity index (χ4n) is 4.02. The predicted octanol–water partition coefficient (Wildman–Crippen LogP) is 2.09. The van der Waals surface area contributed by atoms with Crippen LogP contribution in [-0.4, -0.2) is 48.5 Å². The van der Waals surface area contributed by atoms with Crippen molar-refractivity contribution in [2.45, 2.75) is 43.9 Å². The number of rotatable bonds is 4. The van der Waals surface area contributed by atoms with Crippen molar-refractivity contribution in [3.05, 3.63) is 42.7 Å². The molecule has 2 fully saturated rings. The minimum Gasteiger partial charge on any atom is -0.507 e. The number of nitrogens with zero attached hydrogens (tertiary/aromatic N) is 5. The smallest absolute Gasteiger partial charge is 0.233 e. The molecule has 2 aromatic heterocycles. The van der Waals surface area contributed by atoms with E-state index in [9.17, 15) is 5.11 Å². The number of phenols is 1. The molecule has 2 N–H and O–H groups in total. The first-order chi connectivity index (χ1) is 13.2. The van der Waals surface area contributed by atoms with Crippen LogP contribution in [0.25, 0.3) is 16.9 Å². The maximum atomic E-state index is 10.4. The van der Waals surface area contributed by atoms with E-state index in [4.69, 9.17) is 4.74 Å².